The van der Waals surface area contributed by atoms with Crippen LogP contribution in [0.25, 0.3) is 0 Å². The predicted molar refractivity (Wildman–Crippen MR) is 75.8 cm³/mol. The van der Waals surface area contributed by atoms with Gasteiger partial charge in [0.05, 0.1) is 5.75 Å². The normalized spacial score (nSPS) is 10.0. The van der Waals surface area contributed by atoms with Gasteiger partial charge in [-0.2, -0.15) is 0 Å². The van der Waals surface area contributed by atoms with Crippen LogP contribution in [0.4, 0.5) is 5.82 Å². The van der Waals surface area contributed by atoms with Gasteiger partial charge in [0.1, 0.15) is 16.8 Å². The maximum atomic E-state index is 6.04. The van der Waals surface area contributed by atoms with Crippen molar-refractivity contribution in [3.63, 3.8) is 0 Å². The lowest BCUT2D eigenvalue weighted by molar-refractivity contribution is 0.926. The van der Waals surface area contributed by atoms with Gasteiger partial charge in [-0.3, -0.25) is 0 Å². The van der Waals surface area contributed by atoms with Crippen LogP contribution in [0.15, 0.2) is 0 Å². The smallest absolute Gasteiger partial charge is 0.137 e. The fourth-order valence-corrected chi connectivity index (χ4v) is 1.93. The number of nitrogens with one attached hydrogen (secondary N) is 1. The van der Waals surface area contributed by atoms with E-state index in [0.29, 0.717) is 5.15 Å². The minimum atomic E-state index is 0.524. The Morgan fingerprint density at radius 1 is 1.47 bits per heavy atom. The van der Waals surface area contributed by atoms with Gasteiger partial charge >= 0.3 is 0 Å². The topological polar surface area (TPSA) is 37.8 Å². The molecule has 5 heteroatoms. The molecule has 3 nitrogen and oxygen atoms in total. The lowest BCUT2D eigenvalue weighted by Gasteiger charge is -2.10. The zero-order chi connectivity index (χ0) is 12.7. The molecule has 0 fully saturated rings. The Labute approximate surface area is 112 Å². The highest BCUT2D eigenvalue weighted by atomic mass is 35.5. The summed E-state index contributed by atoms with van der Waals surface area (Å²) in [5.41, 5.74) is 0.894. The molecule has 1 aromatic heterocycles. The van der Waals surface area contributed by atoms with E-state index in [1.807, 2.05) is 13.8 Å². The zero-order valence-corrected chi connectivity index (χ0v) is 11.7. The summed E-state index contributed by atoms with van der Waals surface area (Å²) in [5.74, 6) is 5.87. The number of halogens is 1. The number of aromatic nitrogens is 2. The van der Waals surface area contributed by atoms with Crippen LogP contribution in [0.2, 0.25) is 5.15 Å². The lowest BCUT2D eigenvalue weighted by atomic mass is 10.3. The highest BCUT2D eigenvalue weighted by molar-refractivity contribution is 7.99. The number of rotatable bonds is 6. The highest BCUT2D eigenvalue weighted by Crippen LogP contribution is 2.19. The molecule has 0 radical (unpaired) electrons. The average molecular weight is 270 g/mol. The van der Waals surface area contributed by atoms with Crippen LogP contribution < -0.4 is 5.32 Å². The van der Waals surface area contributed by atoms with Gasteiger partial charge in [-0.15, -0.1) is 18.2 Å². The van der Waals surface area contributed by atoms with Crippen LogP contribution in [0, 0.1) is 19.3 Å². The van der Waals surface area contributed by atoms with Crippen molar-refractivity contribution in [2.24, 2.45) is 0 Å². The highest BCUT2D eigenvalue weighted by Gasteiger charge is 2.07. The van der Waals surface area contributed by atoms with Crippen molar-refractivity contribution < 1.29 is 0 Å². The van der Waals surface area contributed by atoms with Crippen LogP contribution in [-0.2, 0) is 6.42 Å². The molecule has 17 heavy (non-hydrogen) atoms. The third-order valence-corrected chi connectivity index (χ3v) is 3.40. The molecule has 0 saturated heterocycles. The second-order valence-corrected chi connectivity index (χ2v) is 4.90. The van der Waals surface area contributed by atoms with E-state index in [1.165, 1.54) is 0 Å². The molecule has 1 rings (SSSR count). The Hall–Kier alpha value is -0.920. The van der Waals surface area contributed by atoms with Gasteiger partial charge in [0.15, 0.2) is 0 Å². The molecule has 0 saturated carbocycles. The van der Waals surface area contributed by atoms with Crippen molar-refractivity contribution in [2.75, 3.05) is 23.4 Å². The largest absolute Gasteiger partial charge is 0.369 e. The lowest BCUT2D eigenvalue weighted by Crippen LogP contribution is -2.10. The number of nitrogens with zero attached hydrogens (tertiary/aromatic N) is 2. The van der Waals surface area contributed by atoms with E-state index < -0.39 is 0 Å². The predicted octanol–water partition coefficient (Wildman–Crippen LogP) is 2.78. The zero-order valence-electron chi connectivity index (χ0n) is 10.1. The minimum absolute atomic E-state index is 0.524. The van der Waals surface area contributed by atoms with Crippen LogP contribution in [0.3, 0.4) is 0 Å². The maximum Gasteiger partial charge on any atom is 0.137 e. The monoisotopic (exact) mass is 269 g/mol. The van der Waals surface area contributed by atoms with E-state index >= 15 is 0 Å². The molecule has 0 atom stereocenters. The van der Waals surface area contributed by atoms with Gasteiger partial charge in [0.2, 0.25) is 0 Å². The van der Waals surface area contributed by atoms with Crippen molar-refractivity contribution in [3.05, 3.63) is 16.5 Å². The first-order chi connectivity index (χ1) is 8.19. The van der Waals surface area contributed by atoms with Crippen LogP contribution >= 0.6 is 23.4 Å². The molecule has 0 amide bonds. The first-order valence-corrected chi connectivity index (χ1v) is 7.00. The van der Waals surface area contributed by atoms with Gasteiger partial charge in [0.25, 0.3) is 0 Å². The van der Waals surface area contributed by atoms with Crippen LogP contribution in [0.1, 0.15) is 18.3 Å². The quantitative estimate of drug-likeness (QED) is 0.490. The number of aryl methyl sites for hydroxylation is 1. The van der Waals surface area contributed by atoms with Crippen LogP contribution in [0.5, 0.6) is 0 Å². The molecule has 0 bridgehead atoms. The minimum Gasteiger partial charge on any atom is -0.369 e. The van der Waals surface area contributed by atoms with Gasteiger partial charge < -0.3 is 5.32 Å². The molecule has 1 heterocycles. The molecular formula is C12H16ClN3S. The summed E-state index contributed by atoms with van der Waals surface area (Å²) in [7, 11) is 0. The maximum absolute atomic E-state index is 6.04. The summed E-state index contributed by atoms with van der Waals surface area (Å²) in [6.45, 7) is 4.75. The third-order valence-electron chi connectivity index (χ3n) is 2.17. The summed E-state index contributed by atoms with van der Waals surface area (Å²) < 4.78 is 0. The van der Waals surface area contributed by atoms with Crippen LogP contribution in [-0.4, -0.2) is 28.0 Å². The van der Waals surface area contributed by atoms with E-state index in [0.717, 1.165) is 41.7 Å². The van der Waals surface area contributed by atoms with E-state index in [2.05, 4.69) is 21.2 Å². The Balaban J connectivity index is 2.58. The Bertz CT molecular complexity index is 415. The van der Waals surface area contributed by atoms with Crippen molar-refractivity contribution in [1.82, 2.24) is 9.97 Å². The van der Waals surface area contributed by atoms with Crippen molar-refractivity contribution in [3.8, 4) is 12.3 Å². The van der Waals surface area contributed by atoms with Gasteiger partial charge in [-0.1, -0.05) is 24.4 Å². The molecule has 0 aromatic carbocycles. The fourth-order valence-electron chi connectivity index (χ4n) is 1.24. The van der Waals surface area contributed by atoms with Crippen molar-refractivity contribution >= 4 is 29.2 Å². The second kappa shape index (κ2) is 7.41. The first kappa shape index (κ1) is 14.1. The Kier molecular flexibility index (Phi) is 6.17. The van der Waals surface area contributed by atoms with E-state index in [-0.39, 0.29) is 0 Å². The number of hydrogen-bond donors (Lipinski definition) is 1. The summed E-state index contributed by atoms with van der Waals surface area (Å²) in [6.07, 6.45) is 5.95. The first-order valence-electron chi connectivity index (χ1n) is 5.47. The summed E-state index contributed by atoms with van der Waals surface area (Å²) in [6, 6.07) is 0. The second-order valence-electron chi connectivity index (χ2n) is 3.44. The average Bonchev–Trinajstić information content (AvgIpc) is 2.33. The molecule has 0 aliphatic heterocycles. The van der Waals surface area contributed by atoms with Crippen molar-refractivity contribution in [1.29, 1.82) is 0 Å². The van der Waals surface area contributed by atoms with Gasteiger partial charge in [0, 0.05) is 24.3 Å². The third kappa shape index (κ3) is 4.45. The van der Waals surface area contributed by atoms with E-state index in [4.69, 9.17) is 18.0 Å². The summed E-state index contributed by atoms with van der Waals surface area (Å²) >= 11 is 7.75. The number of terminal acetylenes is 1. The fraction of sp³-hybridized carbons (Fsp3) is 0.500. The molecule has 92 valence electrons. The number of hydrogen-bond acceptors (Lipinski definition) is 4. The molecule has 0 aliphatic carbocycles. The summed E-state index contributed by atoms with van der Waals surface area (Å²) in [5, 5.41) is 3.79. The Morgan fingerprint density at radius 2 is 2.24 bits per heavy atom. The van der Waals surface area contributed by atoms with Gasteiger partial charge in [-0.25, -0.2) is 9.97 Å². The molecule has 0 aliphatic rings. The number of thioether (sulfide) groups is 1. The molecule has 1 aromatic rings. The molecule has 0 spiro atoms. The SMILES string of the molecule is C#CCSCCNc1nc(CC)nc(Cl)c1C. The molecule has 0 unspecified atom stereocenters. The summed E-state index contributed by atoms with van der Waals surface area (Å²) in [4.78, 5) is 8.61. The van der Waals surface area contributed by atoms with E-state index in [1.54, 1.807) is 11.8 Å². The van der Waals surface area contributed by atoms with Crippen molar-refractivity contribution in [2.45, 2.75) is 20.3 Å². The standard InChI is InChI=1S/C12H16ClN3S/c1-4-7-17-8-6-14-12-9(3)11(13)15-10(5-2)16-12/h1H,5-8H2,2-3H3,(H,14,15,16). The molecule has 1 N–H and O–H groups in total. The van der Waals surface area contributed by atoms with Gasteiger partial charge in [-0.05, 0) is 6.92 Å². The molecular weight excluding hydrogens is 254 g/mol. The Morgan fingerprint density at radius 3 is 2.88 bits per heavy atom. The number of anilines is 1. The van der Waals surface area contributed by atoms with E-state index in [9.17, 15) is 0 Å².